The van der Waals surface area contributed by atoms with Gasteiger partial charge in [-0.3, -0.25) is 4.79 Å². The summed E-state index contributed by atoms with van der Waals surface area (Å²) in [6, 6.07) is 1.31. The maximum Gasteiger partial charge on any atom is 0.352 e. The number of rotatable bonds is 2. The van der Waals surface area contributed by atoms with Crippen LogP contribution in [0.15, 0.2) is 16.9 Å². The van der Waals surface area contributed by atoms with Crippen LogP contribution >= 0.6 is 0 Å². The van der Waals surface area contributed by atoms with Crippen molar-refractivity contribution >= 4 is 16.9 Å². The second kappa shape index (κ2) is 4.70. The van der Waals surface area contributed by atoms with Crippen molar-refractivity contribution in [1.82, 2.24) is 4.57 Å². The summed E-state index contributed by atoms with van der Waals surface area (Å²) in [7, 11) is 0. The van der Waals surface area contributed by atoms with Crippen LogP contribution in [0.2, 0.25) is 0 Å². The Labute approximate surface area is 113 Å². The van der Waals surface area contributed by atoms with Crippen LogP contribution in [0.4, 0.5) is 8.78 Å². The van der Waals surface area contributed by atoms with E-state index in [1.807, 2.05) is 0 Å². The van der Waals surface area contributed by atoms with E-state index in [9.17, 15) is 23.5 Å². The minimum Gasteiger partial charge on any atom is -0.477 e. The predicted molar refractivity (Wildman–Crippen MR) is 70.2 cm³/mol. The first-order valence-corrected chi connectivity index (χ1v) is 6.03. The van der Waals surface area contributed by atoms with Gasteiger partial charge in [0.15, 0.2) is 5.43 Å². The van der Waals surface area contributed by atoms with Crippen molar-refractivity contribution in [2.75, 3.05) is 0 Å². The summed E-state index contributed by atoms with van der Waals surface area (Å²) in [5.74, 6) is -3.03. The van der Waals surface area contributed by atoms with Crippen molar-refractivity contribution in [1.29, 1.82) is 0 Å². The number of pyridine rings is 1. The summed E-state index contributed by atoms with van der Waals surface area (Å²) < 4.78 is 29.0. The number of carboxylic acid groups (broad SMARTS) is 1. The molecule has 0 aliphatic rings. The van der Waals surface area contributed by atoms with Crippen LogP contribution in [0, 0.1) is 18.6 Å². The lowest BCUT2D eigenvalue weighted by Gasteiger charge is -2.20. The molecule has 0 amide bonds. The first-order chi connectivity index (χ1) is 9.27. The quantitative estimate of drug-likeness (QED) is 0.920. The molecule has 0 saturated carbocycles. The van der Waals surface area contributed by atoms with Crippen molar-refractivity contribution in [3.8, 4) is 0 Å². The maximum absolute atomic E-state index is 14.0. The number of nitrogens with zero attached hydrogens (tertiary/aromatic N) is 1. The zero-order chi connectivity index (χ0) is 15.2. The lowest BCUT2D eigenvalue weighted by molar-refractivity contribution is 0.0682. The fourth-order valence-electron chi connectivity index (χ4n) is 2.36. The molecule has 1 aromatic carbocycles. The Kier molecular flexibility index (Phi) is 3.33. The van der Waals surface area contributed by atoms with Gasteiger partial charge in [0.1, 0.15) is 17.3 Å². The number of halogens is 2. The molecule has 0 fully saturated rings. The Bertz CT molecular complexity index is 778. The summed E-state index contributed by atoms with van der Waals surface area (Å²) in [5, 5.41) is 8.85. The number of benzene rings is 1. The maximum atomic E-state index is 14.0. The molecule has 20 heavy (non-hydrogen) atoms. The second-order valence-corrected chi connectivity index (χ2v) is 4.82. The number of aromatic nitrogens is 1. The molecule has 0 atom stereocenters. The van der Waals surface area contributed by atoms with E-state index >= 15 is 0 Å². The van der Waals surface area contributed by atoms with Crippen LogP contribution in [0.5, 0.6) is 0 Å². The minimum absolute atomic E-state index is 0.108. The summed E-state index contributed by atoms with van der Waals surface area (Å²) in [6.45, 7) is 4.58. The third-order valence-electron chi connectivity index (χ3n) is 3.20. The summed E-state index contributed by atoms with van der Waals surface area (Å²) >= 11 is 0. The monoisotopic (exact) mass is 281 g/mol. The van der Waals surface area contributed by atoms with Gasteiger partial charge in [0, 0.05) is 11.6 Å². The van der Waals surface area contributed by atoms with Crippen molar-refractivity contribution in [2.45, 2.75) is 26.8 Å². The van der Waals surface area contributed by atoms with E-state index < -0.39 is 34.5 Å². The Morgan fingerprint density at radius 1 is 1.25 bits per heavy atom. The van der Waals surface area contributed by atoms with Crippen LogP contribution in [0.25, 0.3) is 10.9 Å². The molecule has 0 unspecified atom stereocenters. The minimum atomic E-state index is -1.35. The molecule has 0 saturated heterocycles. The topological polar surface area (TPSA) is 59.3 Å². The third kappa shape index (κ3) is 1.88. The highest BCUT2D eigenvalue weighted by Gasteiger charge is 2.24. The molecule has 0 aliphatic carbocycles. The molecule has 0 radical (unpaired) electrons. The molecule has 6 heteroatoms. The number of hydrogen-bond acceptors (Lipinski definition) is 2. The molecule has 106 valence electrons. The largest absolute Gasteiger partial charge is 0.477 e. The molecular weight excluding hydrogens is 268 g/mol. The lowest BCUT2D eigenvalue weighted by Crippen LogP contribution is -2.24. The van der Waals surface area contributed by atoms with Crippen LogP contribution in [0.1, 0.15) is 35.9 Å². The zero-order valence-electron chi connectivity index (χ0n) is 11.2. The zero-order valence-corrected chi connectivity index (χ0v) is 11.2. The van der Waals surface area contributed by atoms with Crippen molar-refractivity contribution in [2.24, 2.45) is 0 Å². The molecule has 1 aromatic heterocycles. The molecule has 1 N–H and O–H groups in total. The van der Waals surface area contributed by atoms with Gasteiger partial charge in [0.25, 0.3) is 0 Å². The van der Waals surface area contributed by atoms with Gasteiger partial charge in [-0.1, -0.05) is 0 Å². The van der Waals surface area contributed by atoms with Gasteiger partial charge in [-0.25, -0.2) is 13.6 Å². The van der Waals surface area contributed by atoms with E-state index in [1.165, 1.54) is 6.92 Å². The lowest BCUT2D eigenvalue weighted by atomic mass is 10.1. The van der Waals surface area contributed by atoms with Crippen LogP contribution in [-0.4, -0.2) is 15.6 Å². The number of hydrogen-bond donors (Lipinski definition) is 1. The van der Waals surface area contributed by atoms with Gasteiger partial charge in [0.05, 0.1) is 10.9 Å². The third-order valence-corrected chi connectivity index (χ3v) is 3.20. The van der Waals surface area contributed by atoms with E-state index in [2.05, 4.69) is 0 Å². The molecule has 4 nitrogen and oxygen atoms in total. The predicted octanol–water partition coefficient (Wildman–Crippen LogP) is 2.87. The van der Waals surface area contributed by atoms with E-state index in [4.69, 9.17) is 0 Å². The van der Waals surface area contributed by atoms with Gasteiger partial charge in [-0.05, 0) is 32.9 Å². The molecular formula is C14H13F2NO3. The fourth-order valence-corrected chi connectivity index (χ4v) is 2.36. The van der Waals surface area contributed by atoms with Crippen molar-refractivity contribution < 1.29 is 18.7 Å². The summed E-state index contributed by atoms with van der Waals surface area (Å²) in [6.07, 6.45) is 0. The number of carboxylic acids is 1. The van der Waals surface area contributed by atoms with Crippen molar-refractivity contribution in [3.05, 3.63) is 45.2 Å². The highest BCUT2D eigenvalue weighted by Crippen LogP contribution is 2.25. The highest BCUT2D eigenvalue weighted by atomic mass is 19.1. The molecule has 1 heterocycles. The average molecular weight is 281 g/mol. The van der Waals surface area contributed by atoms with Gasteiger partial charge in [-0.15, -0.1) is 0 Å². The smallest absolute Gasteiger partial charge is 0.352 e. The summed E-state index contributed by atoms with van der Waals surface area (Å²) in [4.78, 5) is 23.5. The number of carbonyl (C=O) groups is 1. The SMILES string of the molecule is Cc1c(C(=O)O)n(C(C)C)c2c(F)ccc(F)c2c1=O. The Morgan fingerprint density at radius 3 is 2.30 bits per heavy atom. The number of aromatic carboxylic acids is 1. The van der Waals surface area contributed by atoms with Crippen LogP contribution in [-0.2, 0) is 0 Å². The van der Waals surface area contributed by atoms with Crippen LogP contribution in [0.3, 0.4) is 0 Å². The molecule has 2 rings (SSSR count). The van der Waals surface area contributed by atoms with E-state index in [0.29, 0.717) is 0 Å². The van der Waals surface area contributed by atoms with Crippen molar-refractivity contribution in [3.63, 3.8) is 0 Å². The van der Waals surface area contributed by atoms with Gasteiger partial charge in [-0.2, -0.15) is 0 Å². The van der Waals surface area contributed by atoms with Gasteiger partial charge < -0.3 is 9.67 Å². The molecule has 0 aliphatic heterocycles. The molecule has 2 aromatic rings. The fraction of sp³-hybridized carbons (Fsp3) is 0.286. The Hall–Kier alpha value is -2.24. The normalized spacial score (nSPS) is 11.3. The highest BCUT2D eigenvalue weighted by molar-refractivity contribution is 5.92. The molecule has 0 spiro atoms. The van der Waals surface area contributed by atoms with E-state index in [0.717, 1.165) is 16.7 Å². The summed E-state index contributed by atoms with van der Waals surface area (Å²) in [5.41, 5.74) is -1.54. The van der Waals surface area contributed by atoms with E-state index in [1.54, 1.807) is 13.8 Å². The van der Waals surface area contributed by atoms with Gasteiger partial charge >= 0.3 is 5.97 Å². The van der Waals surface area contributed by atoms with Crippen LogP contribution < -0.4 is 5.43 Å². The number of fused-ring (bicyclic) bond motifs is 1. The van der Waals surface area contributed by atoms with Gasteiger partial charge in [0.2, 0.25) is 0 Å². The Morgan fingerprint density at radius 2 is 1.80 bits per heavy atom. The Balaban J connectivity index is 3.22. The first kappa shape index (κ1) is 14.2. The molecule has 0 bridgehead atoms. The van der Waals surface area contributed by atoms with E-state index in [-0.39, 0.29) is 16.8 Å². The average Bonchev–Trinajstić information content (AvgIpc) is 2.35. The second-order valence-electron chi connectivity index (χ2n) is 4.82. The first-order valence-electron chi connectivity index (χ1n) is 6.03. The standard InChI is InChI=1S/C14H13F2NO3/c1-6(2)17-11(14(19)20)7(3)13(18)10-8(15)4-5-9(16)12(10)17/h4-6H,1-3H3,(H,19,20).